The van der Waals surface area contributed by atoms with Crippen LogP contribution in [0.5, 0.6) is 5.88 Å². The van der Waals surface area contributed by atoms with Crippen LogP contribution in [0.15, 0.2) is 30.3 Å². The van der Waals surface area contributed by atoms with Gasteiger partial charge in [0, 0.05) is 22.3 Å². The minimum absolute atomic E-state index is 0.0312. The Labute approximate surface area is 110 Å². The van der Waals surface area contributed by atoms with E-state index in [1.54, 1.807) is 18.2 Å². The molecule has 1 aromatic heterocycles. The summed E-state index contributed by atoms with van der Waals surface area (Å²) in [6, 6.07) is 10.8. The molecule has 0 spiro atoms. The van der Waals surface area contributed by atoms with E-state index >= 15 is 0 Å². The number of hydrogen-bond acceptors (Lipinski definition) is 4. The van der Waals surface area contributed by atoms with Crippen LogP contribution < -0.4 is 4.74 Å². The third kappa shape index (κ3) is 2.96. The average Bonchev–Trinajstić information content (AvgIpc) is 2.36. The number of ether oxygens (including phenoxy) is 1. The van der Waals surface area contributed by atoms with E-state index in [9.17, 15) is 0 Å². The molecule has 0 aliphatic carbocycles. The summed E-state index contributed by atoms with van der Waals surface area (Å²) in [4.78, 5) is 8.57. The molecule has 0 fully saturated rings. The SMILES string of the molecule is Cc1cc(OCC#N)nc(-c2ccc(Cl)cc2)n1. The number of nitriles is 1. The molecule has 0 N–H and O–H groups in total. The number of aromatic nitrogens is 2. The van der Waals surface area contributed by atoms with E-state index in [-0.39, 0.29) is 6.61 Å². The van der Waals surface area contributed by atoms with Crippen molar-refractivity contribution < 1.29 is 4.74 Å². The van der Waals surface area contributed by atoms with E-state index in [0.29, 0.717) is 16.7 Å². The van der Waals surface area contributed by atoms with Gasteiger partial charge in [-0.15, -0.1) is 0 Å². The largest absolute Gasteiger partial charge is 0.462 e. The topological polar surface area (TPSA) is 58.8 Å². The maximum Gasteiger partial charge on any atom is 0.218 e. The van der Waals surface area contributed by atoms with Gasteiger partial charge >= 0.3 is 0 Å². The first-order chi connectivity index (χ1) is 8.69. The molecular formula is C13H10ClN3O. The standard InChI is InChI=1S/C13H10ClN3O/c1-9-8-12(18-7-6-15)17-13(16-9)10-2-4-11(14)5-3-10/h2-5,8H,7H2,1H3. The fraction of sp³-hybridized carbons (Fsp3) is 0.154. The zero-order chi connectivity index (χ0) is 13.0. The van der Waals surface area contributed by atoms with Crippen LogP contribution in [0, 0.1) is 18.3 Å². The molecular weight excluding hydrogens is 250 g/mol. The molecule has 18 heavy (non-hydrogen) atoms. The fourth-order valence-corrected chi connectivity index (χ4v) is 1.57. The summed E-state index contributed by atoms with van der Waals surface area (Å²) in [5.74, 6) is 0.952. The zero-order valence-corrected chi connectivity index (χ0v) is 10.5. The summed E-state index contributed by atoms with van der Waals surface area (Å²) in [5.41, 5.74) is 1.63. The van der Waals surface area contributed by atoms with Crippen molar-refractivity contribution in [2.24, 2.45) is 0 Å². The van der Waals surface area contributed by atoms with E-state index in [2.05, 4.69) is 9.97 Å². The molecule has 4 nitrogen and oxygen atoms in total. The smallest absolute Gasteiger partial charge is 0.218 e. The summed E-state index contributed by atoms with van der Waals surface area (Å²) >= 11 is 5.83. The normalized spacial score (nSPS) is 9.83. The van der Waals surface area contributed by atoms with Gasteiger partial charge in [0.15, 0.2) is 12.4 Å². The van der Waals surface area contributed by atoms with Crippen LogP contribution in [-0.4, -0.2) is 16.6 Å². The Kier molecular flexibility index (Phi) is 3.75. The first kappa shape index (κ1) is 12.3. The monoisotopic (exact) mass is 259 g/mol. The van der Waals surface area contributed by atoms with Crippen LogP contribution in [0.25, 0.3) is 11.4 Å². The minimum Gasteiger partial charge on any atom is -0.462 e. The van der Waals surface area contributed by atoms with Gasteiger partial charge in [0.2, 0.25) is 5.88 Å². The molecule has 0 unspecified atom stereocenters. The average molecular weight is 260 g/mol. The number of benzene rings is 1. The van der Waals surface area contributed by atoms with Gasteiger partial charge < -0.3 is 4.74 Å². The summed E-state index contributed by atoms with van der Waals surface area (Å²) in [5, 5.41) is 9.14. The third-order valence-corrected chi connectivity index (χ3v) is 2.47. The second-order valence-corrected chi connectivity index (χ2v) is 4.06. The van der Waals surface area contributed by atoms with E-state index in [4.69, 9.17) is 21.6 Å². The summed E-state index contributed by atoms with van der Waals surface area (Å²) in [6.45, 7) is 1.82. The van der Waals surface area contributed by atoms with Crippen molar-refractivity contribution >= 4 is 11.6 Å². The summed E-state index contributed by atoms with van der Waals surface area (Å²) in [7, 11) is 0. The van der Waals surface area contributed by atoms with Gasteiger partial charge in [-0.2, -0.15) is 10.2 Å². The molecule has 0 atom stereocenters. The lowest BCUT2D eigenvalue weighted by atomic mass is 10.2. The number of nitrogens with zero attached hydrogens (tertiary/aromatic N) is 3. The fourth-order valence-electron chi connectivity index (χ4n) is 1.45. The lowest BCUT2D eigenvalue weighted by molar-refractivity contribution is 0.353. The Hall–Kier alpha value is -2.12. The number of halogens is 1. The molecule has 5 heteroatoms. The lowest BCUT2D eigenvalue weighted by Crippen LogP contribution is -2.00. The molecule has 1 heterocycles. The molecule has 0 saturated carbocycles. The van der Waals surface area contributed by atoms with E-state index in [1.165, 1.54) is 0 Å². The van der Waals surface area contributed by atoms with Crippen LogP contribution in [0.2, 0.25) is 5.02 Å². The second kappa shape index (κ2) is 5.48. The quantitative estimate of drug-likeness (QED) is 0.850. The highest BCUT2D eigenvalue weighted by Gasteiger charge is 2.05. The predicted octanol–water partition coefficient (Wildman–Crippen LogP) is 3.01. The van der Waals surface area contributed by atoms with Crippen molar-refractivity contribution in [1.29, 1.82) is 5.26 Å². The first-order valence-corrected chi connectivity index (χ1v) is 5.68. The highest BCUT2D eigenvalue weighted by atomic mass is 35.5. The maximum atomic E-state index is 8.48. The van der Waals surface area contributed by atoms with Gasteiger partial charge in [0.05, 0.1) is 0 Å². The third-order valence-electron chi connectivity index (χ3n) is 2.22. The molecule has 0 aliphatic rings. The first-order valence-electron chi connectivity index (χ1n) is 5.30. The molecule has 0 bridgehead atoms. The number of hydrogen-bond donors (Lipinski definition) is 0. The van der Waals surface area contributed by atoms with Gasteiger partial charge in [0.1, 0.15) is 6.07 Å². The van der Waals surface area contributed by atoms with Gasteiger partial charge in [-0.1, -0.05) is 11.6 Å². The Balaban J connectivity index is 2.36. The van der Waals surface area contributed by atoms with E-state index < -0.39 is 0 Å². The van der Waals surface area contributed by atoms with Gasteiger partial charge in [-0.05, 0) is 31.2 Å². The zero-order valence-electron chi connectivity index (χ0n) is 9.72. The van der Waals surface area contributed by atoms with Crippen molar-refractivity contribution in [3.63, 3.8) is 0 Å². The predicted molar refractivity (Wildman–Crippen MR) is 68.3 cm³/mol. The van der Waals surface area contributed by atoms with Crippen LogP contribution in [0.3, 0.4) is 0 Å². The highest BCUT2D eigenvalue weighted by molar-refractivity contribution is 6.30. The van der Waals surface area contributed by atoms with Crippen molar-refractivity contribution in [3.05, 3.63) is 41.0 Å². The molecule has 90 valence electrons. The minimum atomic E-state index is -0.0312. The number of rotatable bonds is 3. The lowest BCUT2D eigenvalue weighted by Gasteiger charge is -2.05. The van der Waals surface area contributed by atoms with Crippen LogP contribution in [0.1, 0.15) is 5.69 Å². The van der Waals surface area contributed by atoms with Gasteiger partial charge in [-0.3, -0.25) is 0 Å². The summed E-state index contributed by atoms with van der Waals surface area (Å²) in [6.07, 6.45) is 0. The highest BCUT2D eigenvalue weighted by Crippen LogP contribution is 2.20. The van der Waals surface area contributed by atoms with E-state index in [1.807, 2.05) is 25.1 Å². The summed E-state index contributed by atoms with van der Waals surface area (Å²) < 4.78 is 5.18. The second-order valence-electron chi connectivity index (χ2n) is 3.62. The molecule has 2 rings (SSSR count). The maximum absolute atomic E-state index is 8.48. The van der Waals surface area contributed by atoms with E-state index in [0.717, 1.165) is 11.3 Å². The Morgan fingerprint density at radius 2 is 2.00 bits per heavy atom. The van der Waals surface area contributed by atoms with Gasteiger partial charge in [0.25, 0.3) is 0 Å². The molecule has 0 radical (unpaired) electrons. The Bertz CT molecular complexity index is 590. The van der Waals surface area contributed by atoms with Crippen molar-refractivity contribution in [2.45, 2.75) is 6.92 Å². The molecule has 0 aliphatic heterocycles. The van der Waals surface area contributed by atoms with Gasteiger partial charge in [-0.25, -0.2) is 4.98 Å². The van der Waals surface area contributed by atoms with Crippen molar-refractivity contribution in [3.8, 4) is 23.3 Å². The molecule has 0 saturated heterocycles. The van der Waals surface area contributed by atoms with Crippen LogP contribution in [0.4, 0.5) is 0 Å². The molecule has 1 aromatic carbocycles. The van der Waals surface area contributed by atoms with Crippen molar-refractivity contribution in [2.75, 3.05) is 6.61 Å². The Morgan fingerprint density at radius 1 is 1.28 bits per heavy atom. The molecule has 2 aromatic rings. The van der Waals surface area contributed by atoms with Crippen LogP contribution in [-0.2, 0) is 0 Å². The van der Waals surface area contributed by atoms with Crippen molar-refractivity contribution in [1.82, 2.24) is 9.97 Å². The number of aryl methyl sites for hydroxylation is 1. The van der Waals surface area contributed by atoms with Crippen LogP contribution >= 0.6 is 11.6 Å². The Morgan fingerprint density at radius 3 is 2.67 bits per heavy atom. The molecule has 0 amide bonds.